The number of halogens is 1. The fraction of sp³-hybridized carbons (Fsp3) is 0.167. The molecule has 1 aromatic heterocycles. The summed E-state index contributed by atoms with van der Waals surface area (Å²) in [6, 6.07) is 25.6. The predicted octanol–water partition coefficient (Wildman–Crippen LogP) is 6.55. The number of aromatic nitrogens is 1. The lowest BCUT2D eigenvalue weighted by atomic mass is 9.94. The lowest BCUT2D eigenvalue weighted by molar-refractivity contribution is 0.0826. The Hall–Kier alpha value is -4.32. The summed E-state index contributed by atoms with van der Waals surface area (Å²) in [6.07, 6.45) is 1.91. The van der Waals surface area contributed by atoms with Crippen LogP contribution in [0, 0.1) is 12.7 Å². The Morgan fingerprint density at radius 1 is 1.00 bits per heavy atom. The van der Waals surface area contributed by atoms with Gasteiger partial charge in [-0.2, -0.15) is 0 Å². The van der Waals surface area contributed by atoms with E-state index < -0.39 is 0 Å². The molecule has 180 valence electrons. The summed E-state index contributed by atoms with van der Waals surface area (Å²) in [4.78, 5) is 23.4. The zero-order valence-corrected chi connectivity index (χ0v) is 20.1. The number of oxime groups is 1. The standard InChI is InChI=1S/C30H26FN3O2/c1-19-11-12-25(26(31)14-19)22-15-23(28-18-29(36-34-28)27-10-6-7-13-32-27)17-24(16-22)30(35)33-20(2)21-8-4-3-5-9-21/h3-17,20,29H,18H2,1-2H3,(H,33,35)/t20-,29?/m1/s1. The third kappa shape index (κ3) is 5.03. The number of nitrogens with one attached hydrogen (secondary N) is 1. The molecule has 0 aliphatic carbocycles. The van der Waals surface area contributed by atoms with Gasteiger partial charge in [0.15, 0.2) is 6.10 Å². The van der Waals surface area contributed by atoms with Gasteiger partial charge in [0.05, 0.1) is 17.4 Å². The van der Waals surface area contributed by atoms with E-state index in [4.69, 9.17) is 4.84 Å². The summed E-state index contributed by atoms with van der Waals surface area (Å²) >= 11 is 0. The minimum Gasteiger partial charge on any atom is -0.385 e. The molecular formula is C30H26FN3O2. The van der Waals surface area contributed by atoms with Crippen molar-refractivity contribution in [3.8, 4) is 11.1 Å². The van der Waals surface area contributed by atoms with Crippen molar-refractivity contribution >= 4 is 11.6 Å². The second kappa shape index (κ2) is 10.1. The van der Waals surface area contributed by atoms with Gasteiger partial charge in [0.2, 0.25) is 0 Å². The number of carbonyl (C=O) groups is 1. The Bertz CT molecular complexity index is 1420. The molecule has 6 heteroatoms. The molecule has 1 aliphatic heterocycles. The first-order valence-corrected chi connectivity index (χ1v) is 11.9. The summed E-state index contributed by atoms with van der Waals surface area (Å²) in [6.45, 7) is 3.78. The maximum atomic E-state index is 14.9. The third-order valence-corrected chi connectivity index (χ3v) is 6.30. The predicted molar refractivity (Wildman–Crippen MR) is 138 cm³/mol. The summed E-state index contributed by atoms with van der Waals surface area (Å²) in [5.41, 5.74) is 5.46. The van der Waals surface area contributed by atoms with Gasteiger partial charge in [-0.25, -0.2) is 4.39 Å². The molecule has 0 fully saturated rings. The lowest BCUT2D eigenvalue weighted by Gasteiger charge is -2.16. The average Bonchev–Trinajstić information content (AvgIpc) is 3.40. The zero-order valence-electron chi connectivity index (χ0n) is 20.1. The van der Waals surface area contributed by atoms with Gasteiger partial charge in [-0.15, -0.1) is 0 Å². The lowest BCUT2D eigenvalue weighted by Crippen LogP contribution is -2.26. The van der Waals surface area contributed by atoms with Crippen molar-refractivity contribution in [1.29, 1.82) is 0 Å². The van der Waals surface area contributed by atoms with Gasteiger partial charge in [0.1, 0.15) is 5.82 Å². The van der Waals surface area contributed by atoms with Gasteiger partial charge in [-0.3, -0.25) is 9.78 Å². The Morgan fingerprint density at radius 2 is 1.78 bits per heavy atom. The summed E-state index contributed by atoms with van der Waals surface area (Å²) in [7, 11) is 0. The third-order valence-electron chi connectivity index (χ3n) is 6.30. The quantitative estimate of drug-likeness (QED) is 0.341. The smallest absolute Gasteiger partial charge is 0.251 e. The van der Waals surface area contributed by atoms with Crippen molar-refractivity contribution in [2.75, 3.05) is 0 Å². The van der Waals surface area contributed by atoms with Crippen molar-refractivity contribution in [1.82, 2.24) is 10.3 Å². The number of rotatable bonds is 6. The number of benzene rings is 3. The van der Waals surface area contributed by atoms with E-state index in [2.05, 4.69) is 15.5 Å². The van der Waals surface area contributed by atoms with Crippen LogP contribution in [-0.4, -0.2) is 16.6 Å². The number of nitrogens with zero attached hydrogens (tertiary/aromatic N) is 2. The number of hydrogen-bond acceptors (Lipinski definition) is 4. The second-order valence-electron chi connectivity index (χ2n) is 8.98. The van der Waals surface area contributed by atoms with Gasteiger partial charge in [-0.1, -0.05) is 53.7 Å². The van der Waals surface area contributed by atoms with Crippen LogP contribution in [0.4, 0.5) is 4.39 Å². The van der Waals surface area contributed by atoms with Crippen LogP contribution < -0.4 is 5.32 Å². The monoisotopic (exact) mass is 479 g/mol. The van der Waals surface area contributed by atoms with Crippen LogP contribution >= 0.6 is 0 Å². The van der Waals surface area contributed by atoms with Crippen molar-refractivity contribution in [2.24, 2.45) is 5.16 Å². The van der Waals surface area contributed by atoms with E-state index in [0.29, 0.717) is 34.4 Å². The molecule has 1 unspecified atom stereocenters. The maximum absolute atomic E-state index is 14.9. The van der Waals surface area contributed by atoms with Crippen LogP contribution in [0.2, 0.25) is 0 Å². The van der Waals surface area contributed by atoms with E-state index in [0.717, 1.165) is 16.8 Å². The van der Waals surface area contributed by atoms with E-state index in [1.54, 1.807) is 24.4 Å². The minimum atomic E-state index is -0.341. The van der Waals surface area contributed by atoms with Gasteiger partial charge in [0.25, 0.3) is 5.91 Å². The van der Waals surface area contributed by atoms with Gasteiger partial charge in [-0.05, 0) is 66.9 Å². The largest absolute Gasteiger partial charge is 0.385 e. The number of pyridine rings is 1. The molecule has 0 bridgehead atoms. The molecule has 5 nitrogen and oxygen atoms in total. The summed E-state index contributed by atoms with van der Waals surface area (Å²) < 4.78 is 14.9. The highest BCUT2D eigenvalue weighted by atomic mass is 19.1. The van der Waals surface area contributed by atoms with Crippen LogP contribution in [0.25, 0.3) is 11.1 Å². The molecular weight excluding hydrogens is 453 g/mol. The second-order valence-corrected chi connectivity index (χ2v) is 8.98. The fourth-order valence-electron chi connectivity index (χ4n) is 4.31. The molecule has 0 saturated heterocycles. The van der Waals surface area contributed by atoms with Crippen LogP contribution in [0.15, 0.2) is 96.3 Å². The minimum absolute atomic E-state index is 0.192. The molecule has 3 aromatic carbocycles. The van der Waals surface area contributed by atoms with E-state index in [1.807, 2.05) is 74.5 Å². The highest BCUT2D eigenvalue weighted by Crippen LogP contribution is 2.32. The number of hydrogen-bond donors (Lipinski definition) is 1. The van der Waals surface area contributed by atoms with Crippen LogP contribution in [-0.2, 0) is 4.84 Å². The van der Waals surface area contributed by atoms with E-state index in [-0.39, 0.29) is 23.9 Å². The van der Waals surface area contributed by atoms with Crippen LogP contribution in [0.5, 0.6) is 0 Å². The van der Waals surface area contributed by atoms with Crippen LogP contribution in [0.3, 0.4) is 0 Å². The molecule has 2 heterocycles. The van der Waals surface area contributed by atoms with Crippen molar-refractivity contribution in [3.05, 3.63) is 125 Å². The molecule has 4 aromatic rings. The Labute approximate surface area is 209 Å². The summed E-state index contributed by atoms with van der Waals surface area (Å²) in [5.74, 6) is -0.588. The van der Waals surface area contributed by atoms with Gasteiger partial charge >= 0.3 is 0 Å². The number of aryl methyl sites for hydroxylation is 1. The topological polar surface area (TPSA) is 63.6 Å². The van der Waals surface area contributed by atoms with Crippen LogP contribution in [0.1, 0.15) is 58.2 Å². The molecule has 2 atom stereocenters. The Morgan fingerprint density at radius 3 is 2.53 bits per heavy atom. The first kappa shape index (κ1) is 23.4. The molecule has 0 saturated carbocycles. The molecule has 0 radical (unpaired) electrons. The number of amides is 1. The first-order chi connectivity index (χ1) is 17.5. The normalized spacial score (nSPS) is 15.6. The van der Waals surface area contributed by atoms with E-state index in [9.17, 15) is 9.18 Å². The highest BCUT2D eigenvalue weighted by molar-refractivity contribution is 6.05. The molecule has 1 N–H and O–H groups in total. The Balaban J connectivity index is 1.49. The molecule has 36 heavy (non-hydrogen) atoms. The fourth-order valence-corrected chi connectivity index (χ4v) is 4.31. The summed E-state index contributed by atoms with van der Waals surface area (Å²) in [5, 5.41) is 7.35. The van der Waals surface area contributed by atoms with E-state index >= 15 is 0 Å². The molecule has 1 amide bonds. The van der Waals surface area contributed by atoms with Crippen molar-refractivity contribution < 1.29 is 14.0 Å². The van der Waals surface area contributed by atoms with Gasteiger partial charge < -0.3 is 10.2 Å². The average molecular weight is 480 g/mol. The number of carbonyl (C=O) groups excluding carboxylic acids is 1. The van der Waals surface area contributed by atoms with E-state index in [1.165, 1.54) is 6.07 Å². The zero-order chi connectivity index (χ0) is 25.1. The van der Waals surface area contributed by atoms with Crippen molar-refractivity contribution in [2.45, 2.75) is 32.4 Å². The first-order valence-electron chi connectivity index (χ1n) is 11.9. The molecule has 0 spiro atoms. The Kier molecular flexibility index (Phi) is 6.58. The highest BCUT2D eigenvalue weighted by Gasteiger charge is 2.26. The maximum Gasteiger partial charge on any atom is 0.251 e. The molecule has 5 rings (SSSR count). The molecule has 1 aliphatic rings. The van der Waals surface area contributed by atoms with Gasteiger partial charge in [0, 0.05) is 29.3 Å². The van der Waals surface area contributed by atoms with Crippen molar-refractivity contribution in [3.63, 3.8) is 0 Å². The SMILES string of the molecule is Cc1ccc(-c2cc(C(=O)N[C@H](C)c3ccccc3)cc(C3=NOC(c4ccccn4)C3)c2)c(F)c1.